The van der Waals surface area contributed by atoms with Crippen molar-refractivity contribution in [1.29, 1.82) is 0 Å². The van der Waals surface area contributed by atoms with Crippen LogP contribution < -0.4 is 5.32 Å². The van der Waals surface area contributed by atoms with Crippen LogP contribution in [0.15, 0.2) is 58.2 Å². The lowest BCUT2D eigenvalue weighted by molar-refractivity contribution is -0.122. The first-order chi connectivity index (χ1) is 13.9. The number of pyridine rings is 1. The van der Waals surface area contributed by atoms with E-state index in [4.69, 9.17) is 16.0 Å². The molecule has 1 saturated heterocycles. The predicted molar refractivity (Wildman–Crippen MR) is 109 cm³/mol. The molecule has 1 aliphatic heterocycles. The minimum Gasteiger partial charge on any atom is -0.443 e. The van der Waals surface area contributed by atoms with E-state index in [2.05, 4.69) is 10.3 Å². The summed E-state index contributed by atoms with van der Waals surface area (Å²) in [5.41, 5.74) is 1.35. The number of benzene rings is 1. The van der Waals surface area contributed by atoms with Gasteiger partial charge in [-0.2, -0.15) is 4.31 Å². The number of nitrogens with one attached hydrogen (secondary N) is 1. The number of furan rings is 1. The molecule has 3 aromatic rings. The molecule has 0 saturated carbocycles. The van der Waals surface area contributed by atoms with Crippen molar-refractivity contribution in [3.05, 3.63) is 59.4 Å². The maximum absolute atomic E-state index is 13.1. The highest BCUT2D eigenvalue weighted by Crippen LogP contribution is 2.31. The normalized spacial score (nSPS) is 17.6. The van der Waals surface area contributed by atoms with Crippen molar-refractivity contribution in [2.75, 3.05) is 6.54 Å². The number of rotatable bonds is 6. The average molecular weight is 434 g/mol. The molecule has 3 heterocycles. The van der Waals surface area contributed by atoms with Crippen LogP contribution in [0.25, 0.3) is 11.0 Å². The number of sulfonamides is 1. The standard InChI is InChI=1S/C20H20ClN3O4S/c21-18-10-14(7-8-22-18)13-23-19(25)12-16-5-3-9-24(16)29(26,27)20-11-15-4-1-2-6-17(15)28-20/h1-2,4,6-8,10-11,16H,3,5,9,12-13H2,(H,23,25)/t16-/m0/s1. The minimum atomic E-state index is -3.81. The first-order valence-corrected chi connectivity index (χ1v) is 11.1. The van der Waals surface area contributed by atoms with Gasteiger partial charge in [0.1, 0.15) is 10.7 Å². The van der Waals surface area contributed by atoms with E-state index < -0.39 is 16.1 Å². The molecule has 0 unspecified atom stereocenters. The van der Waals surface area contributed by atoms with Crippen LogP contribution >= 0.6 is 11.6 Å². The molecule has 4 rings (SSSR count). The number of carbonyl (C=O) groups excluding carboxylic acids is 1. The number of fused-ring (bicyclic) bond motifs is 1. The zero-order chi connectivity index (χ0) is 20.4. The summed E-state index contributed by atoms with van der Waals surface area (Å²) in [4.78, 5) is 16.3. The van der Waals surface area contributed by atoms with Crippen LogP contribution in [0, 0.1) is 0 Å². The zero-order valence-corrected chi connectivity index (χ0v) is 17.1. The van der Waals surface area contributed by atoms with Crippen LogP contribution in [-0.2, 0) is 21.4 Å². The summed E-state index contributed by atoms with van der Waals surface area (Å²) in [5, 5.41) is 3.82. The quantitative estimate of drug-likeness (QED) is 0.602. The van der Waals surface area contributed by atoms with Gasteiger partial charge in [0.05, 0.1) is 0 Å². The lowest BCUT2D eigenvalue weighted by Gasteiger charge is -2.22. The lowest BCUT2D eigenvalue weighted by Crippen LogP contribution is -2.38. The van der Waals surface area contributed by atoms with Crippen LogP contribution in [0.4, 0.5) is 0 Å². The summed E-state index contributed by atoms with van der Waals surface area (Å²) in [5.74, 6) is -0.213. The summed E-state index contributed by atoms with van der Waals surface area (Å²) in [6.07, 6.45) is 3.01. The van der Waals surface area contributed by atoms with Gasteiger partial charge in [-0.25, -0.2) is 13.4 Å². The van der Waals surface area contributed by atoms with E-state index in [9.17, 15) is 13.2 Å². The van der Waals surface area contributed by atoms with E-state index in [-0.39, 0.29) is 17.4 Å². The van der Waals surface area contributed by atoms with Gasteiger partial charge in [-0.15, -0.1) is 0 Å². The Morgan fingerprint density at radius 1 is 1.28 bits per heavy atom. The molecular formula is C20H20ClN3O4S. The van der Waals surface area contributed by atoms with Crippen molar-refractivity contribution in [3.8, 4) is 0 Å². The van der Waals surface area contributed by atoms with Crippen molar-refractivity contribution >= 4 is 38.5 Å². The highest BCUT2D eigenvalue weighted by Gasteiger charge is 2.38. The number of carbonyl (C=O) groups is 1. The van der Waals surface area contributed by atoms with Gasteiger partial charge in [-0.05, 0) is 36.6 Å². The molecule has 0 spiro atoms. The summed E-state index contributed by atoms with van der Waals surface area (Å²) in [6, 6.07) is 11.7. The van der Waals surface area contributed by atoms with Gasteiger partial charge in [0, 0.05) is 43.2 Å². The largest absolute Gasteiger partial charge is 0.443 e. The zero-order valence-electron chi connectivity index (χ0n) is 15.5. The molecule has 29 heavy (non-hydrogen) atoms. The molecule has 9 heteroatoms. The number of nitrogens with zero attached hydrogens (tertiary/aromatic N) is 2. The molecule has 7 nitrogen and oxygen atoms in total. The molecule has 1 amide bonds. The summed E-state index contributed by atoms with van der Waals surface area (Å²) in [7, 11) is -3.81. The SMILES string of the molecule is O=C(C[C@@H]1CCCN1S(=O)(=O)c1cc2ccccc2o1)NCc1ccnc(Cl)c1. The maximum atomic E-state index is 13.1. The molecular weight excluding hydrogens is 414 g/mol. The number of halogens is 1. The fourth-order valence-corrected chi connectivity index (χ4v) is 5.41. The van der Waals surface area contributed by atoms with Crippen LogP contribution in [0.3, 0.4) is 0 Å². The van der Waals surface area contributed by atoms with Crippen molar-refractivity contribution < 1.29 is 17.6 Å². The number of para-hydroxylation sites is 1. The van der Waals surface area contributed by atoms with Gasteiger partial charge in [-0.1, -0.05) is 29.8 Å². The Balaban J connectivity index is 1.44. The molecule has 0 aliphatic carbocycles. The van der Waals surface area contributed by atoms with Gasteiger partial charge in [0.2, 0.25) is 11.0 Å². The molecule has 0 bridgehead atoms. The first-order valence-electron chi connectivity index (χ1n) is 9.31. The third-order valence-electron chi connectivity index (χ3n) is 4.99. The van der Waals surface area contributed by atoms with Crippen LogP contribution in [-0.4, -0.2) is 36.2 Å². The van der Waals surface area contributed by atoms with E-state index in [1.807, 2.05) is 6.07 Å². The van der Waals surface area contributed by atoms with Crippen molar-refractivity contribution in [2.45, 2.75) is 36.9 Å². The molecule has 1 aliphatic rings. The fraction of sp³-hybridized carbons (Fsp3) is 0.300. The molecule has 152 valence electrons. The first kappa shape index (κ1) is 19.9. The van der Waals surface area contributed by atoms with Gasteiger partial charge in [-0.3, -0.25) is 4.79 Å². The average Bonchev–Trinajstić information content (AvgIpc) is 3.34. The Bertz CT molecular complexity index is 1110. The Morgan fingerprint density at radius 3 is 2.90 bits per heavy atom. The number of hydrogen-bond donors (Lipinski definition) is 1. The highest BCUT2D eigenvalue weighted by atomic mass is 35.5. The third kappa shape index (κ3) is 4.29. The molecule has 2 aromatic heterocycles. The number of aromatic nitrogens is 1. The third-order valence-corrected chi connectivity index (χ3v) is 7.01. The Morgan fingerprint density at radius 2 is 2.10 bits per heavy atom. The second kappa shape index (κ2) is 8.14. The summed E-state index contributed by atoms with van der Waals surface area (Å²) < 4.78 is 33.1. The second-order valence-corrected chi connectivity index (χ2v) is 9.19. The van der Waals surface area contributed by atoms with Gasteiger partial charge >= 0.3 is 0 Å². The predicted octanol–water partition coefficient (Wildman–Crippen LogP) is 3.34. The van der Waals surface area contributed by atoms with Crippen molar-refractivity contribution in [3.63, 3.8) is 0 Å². The molecule has 0 radical (unpaired) electrons. The van der Waals surface area contributed by atoms with Gasteiger partial charge in [0.25, 0.3) is 10.0 Å². The Kier molecular flexibility index (Phi) is 5.58. The Labute approximate surface area is 173 Å². The fourth-order valence-electron chi connectivity index (χ4n) is 3.57. The van der Waals surface area contributed by atoms with E-state index in [1.165, 1.54) is 10.4 Å². The smallest absolute Gasteiger partial charge is 0.276 e. The van der Waals surface area contributed by atoms with E-state index >= 15 is 0 Å². The van der Waals surface area contributed by atoms with Gasteiger partial charge < -0.3 is 9.73 Å². The van der Waals surface area contributed by atoms with E-state index in [0.29, 0.717) is 36.7 Å². The topological polar surface area (TPSA) is 92.5 Å². The molecule has 1 atom stereocenters. The summed E-state index contributed by atoms with van der Waals surface area (Å²) >= 11 is 5.85. The second-order valence-electron chi connectivity index (χ2n) is 6.98. The minimum absolute atomic E-state index is 0.0857. The number of hydrogen-bond acceptors (Lipinski definition) is 5. The monoisotopic (exact) mass is 433 g/mol. The molecule has 1 fully saturated rings. The molecule has 1 N–H and O–H groups in total. The van der Waals surface area contributed by atoms with E-state index in [1.54, 1.807) is 36.5 Å². The maximum Gasteiger partial charge on any atom is 0.276 e. The highest BCUT2D eigenvalue weighted by molar-refractivity contribution is 7.89. The van der Waals surface area contributed by atoms with E-state index in [0.717, 1.165) is 10.9 Å². The summed E-state index contributed by atoms with van der Waals surface area (Å²) in [6.45, 7) is 0.682. The Hall–Kier alpha value is -2.42. The van der Waals surface area contributed by atoms with Gasteiger partial charge in [0.15, 0.2) is 0 Å². The van der Waals surface area contributed by atoms with Crippen LogP contribution in [0.2, 0.25) is 5.15 Å². The number of amides is 1. The van der Waals surface area contributed by atoms with Crippen LogP contribution in [0.1, 0.15) is 24.8 Å². The van der Waals surface area contributed by atoms with Crippen LogP contribution in [0.5, 0.6) is 0 Å². The molecule has 1 aromatic carbocycles. The lowest BCUT2D eigenvalue weighted by atomic mass is 10.1. The van der Waals surface area contributed by atoms with Crippen molar-refractivity contribution in [2.24, 2.45) is 0 Å². The van der Waals surface area contributed by atoms with Crippen molar-refractivity contribution in [1.82, 2.24) is 14.6 Å².